The van der Waals surface area contributed by atoms with Gasteiger partial charge in [0.1, 0.15) is 5.75 Å². The summed E-state index contributed by atoms with van der Waals surface area (Å²) in [6.45, 7) is 0.537. The Balaban J connectivity index is 1.92. The Hall–Kier alpha value is -2.84. The molecule has 9 heteroatoms. The van der Waals surface area contributed by atoms with Gasteiger partial charge in [0.25, 0.3) is 5.91 Å². The van der Waals surface area contributed by atoms with Crippen LogP contribution in [0.1, 0.15) is 12.8 Å². The van der Waals surface area contributed by atoms with Gasteiger partial charge < -0.3 is 19.1 Å². The summed E-state index contributed by atoms with van der Waals surface area (Å²) >= 11 is 0. The maximum Gasteiger partial charge on any atom is 0.314 e. The van der Waals surface area contributed by atoms with E-state index in [-0.39, 0.29) is 35.8 Å². The molecule has 0 spiro atoms. The van der Waals surface area contributed by atoms with Crippen LogP contribution >= 0.6 is 0 Å². The van der Waals surface area contributed by atoms with Gasteiger partial charge in [-0.2, -0.15) is 0 Å². The van der Waals surface area contributed by atoms with E-state index in [0.717, 1.165) is 0 Å². The standard InChI is InChI=1S/C16H20N2O7/c1-23-12-3-4-14(13(9-12)18(21)22)25-10-15(19)17-7-5-11(6-8-17)16(20)24-2/h3-4,9,11H,5-8,10H2,1-2H3. The molecule has 1 amide bonds. The maximum absolute atomic E-state index is 12.2. The van der Waals surface area contributed by atoms with Crippen LogP contribution in [0.4, 0.5) is 5.69 Å². The van der Waals surface area contributed by atoms with E-state index in [9.17, 15) is 19.7 Å². The number of hydrogen-bond acceptors (Lipinski definition) is 7. The molecule has 0 unspecified atom stereocenters. The van der Waals surface area contributed by atoms with Crippen LogP contribution in [0.25, 0.3) is 0 Å². The maximum atomic E-state index is 12.2. The molecular formula is C16H20N2O7. The Morgan fingerprint density at radius 3 is 2.52 bits per heavy atom. The minimum absolute atomic E-state index is 0.00333. The zero-order valence-electron chi connectivity index (χ0n) is 14.1. The van der Waals surface area contributed by atoms with Crippen LogP contribution in [0.3, 0.4) is 0 Å². The van der Waals surface area contributed by atoms with E-state index in [0.29, 0.717) is 31.7 Å². The summed E-state index contributed by atoms with van der Waals surface area (Å²) in [6.07, 6.45) is 1.06. The highest BCUT2D eigenvalue weighted by atomic mass is 16.6. The first-order valence-corrected chi connectivity index (χ1v) is 7.77. The van der Waals surface area contributed by atoms with E-state index < -0.39 is 4.92 Å². The molecule has 2 rings (SSSR count). The number of nitro benzene ring substituents is 1. The summed E-state index contributed by atoms with van der Waals surface area (Å²) in [5.74, 6) is -0.415. The fraction of sp³-hybridized carbons (Fsp3) is 0.500. The monoisotopic (exact) mass is 352 g/mol. The fourth-order valence-corrected chi connectivity index (χ4v) is 2.65. The molecule has 0 atom stereocenters. The minimum atomic E-state index is -0.593. The van der Waals surface area contributed by atoms with Gasteiger partial charge in [0.05, 0.1) is 31.1 Å². The molecule has 0 aromatic heterocycles. The number of likely N-dealkylation sites (tertiary alicyclic amines) is 1. The lowest BCUT2D eigenvalue weighted by Crippen LogP contribution is -2.42. The number of benzene rings is 1. The summed E-state index contributed by atoms with van der Waals surface area (Å²) in [7, 11) is 2.75. The van der Waals surface area contributed by atoms with E-state index in [1.807, 2.05) is 0 Å². The third-order valence-electron chi connectivity index (χ3n) is 4.10. The first kappa shape index (κ1) is 18.5. The number of methoxy groups -OCH3 is 2. The predicted molar refractivity (Wildman–Crippen MR) is 86.5 cm³/mol. The van der Waals surface area contributed by atoms with Crippen molar-refractivity contribution in [2.75, 3.05) is 33.9 Å². The van der Waals surface area contributed by atoms with Crippen LogP contribution in [0.5, 0.6) is 11.5 Å². The van der Waals surface area contributed by atoms with Gasteiger partial charge in [-0.25, -0.2) is 0 Å². The second kappa shape index (κ2) is 8.32. The van der Waals surface area contributed by atoms with Gasteiger partial charge in [0.2, 0.25) is 0 Å². The van der Waals surface area contributed by atoms with Gasteiger partial charge >= 0.3 is 11.7 Å². The summed E-state index contributed by atoms with van der Waals surface area (Å²) < 4.78 is 15.0. The van der Waals surface area contributed by atoms with Crippen molar-refractivity contribution >= 4 is 17.6 Å². The highest BCUT2D eigenvalue weighted by Crippen LogP contribution is 2.31. The van der Waals surface area contributed by atoms with E-state index in [1.165, 1.54) is 32.4 Å². The number of piperidine rings is 1. The second-order valence-corrected chi connectivity index (χ2v) is 5.56. The predicted octanol–water partition coefficient (Wildman–Crippen LogP) is 1.39. The van der Waals surface area contributed by atoms with Crippen LogP contribution in [0, 0.1) is 16.0 Å². The van der Waals surface area contributed by atoms with Crippen LogP contribution in [0.15, 0.2) is 18.2 Å². The van der Waals surface area contributed by atoms with Crippen molar-refractivity contribution < 1.29 is 28.7 Å². The molecule has 1 saturated heterocycles. The number of rotatable bonds is 6. The number of esters is 1. The Labute approximate surface area is 144 Å². The largest absolute Gasteiger partial charge is 0.496 e. The third kappa shape index (κ3) is 4.59. The van der Waals surface area contributed by atoms with Gasteiger partial charge in [-0.05, 0) is 25.0 Å². The molecular weight excluding hydrogens is 332 g/mol. The fourth-order valence-electron chi connectivity index (χ4n) is 2.65. The van der Waals surface area contributed by atoms with Crippen molar-refractivity contribution in [1.82, 2.24) is 4.90 Å². The molecule has 136 valence electrons. The van der Waals surface area contributed by atoms with Crippen LogP contribution in [0.2, 0.25) is 0 Å². The third-order valence-corrected chi connectivity index (χ3v) is 4.10. The van der Waals surface area contributed by atoms with E-state index in [1.54, 1.807) is 4.90 Å². The number of carbonyl (C=O) groups excluding carboxylic acids is 2. The average molecular weight is 352 g/mol. The topological polar surface area (TPSA) is 108 Å². The van der Waals surface area contributed by atoms with Gasteiger partial charge in [-0.15, -0.1) is 0 Å². The van der Waals surface area contributed by atoms with Crippen LogP contribution < -0.4 is 9.47 Å². The summed E-state index contributed by atoms with van der Waals surface area (Å²) in [6, 6.07) is 4.16. The summed E-state index contributed by atoms with van der Waals surface area (Å²) in [4.78, 5) is 35.8. The molecule has 0 aliphatic carbocycles. The van der Waals surface area contributed by atoms with Gasteiger partial charge in [-0.1, -0.05) is 0 Å². The van der Waals surface area contributed by atoms with Crippen LogP contribution in [-0.4, -0.2) is 55.6 Å². The van der Waals surface area contributed by atoms with Crippen molar-refractivity contribution in [3.05, 3.63) is 28.3 Å². The van der Waals surface area contributed by atoms with Crippen molar-refractivity contribution in [3.63, 3.8) is 0 Å². The minimum Gasteiger partial charge on any atom is -0.496 e. The molecule has 1 aliphatic rings. The second-order valence-electron chi connectivity index (χ2n) is 5.56. The molecule has 0 bridgehead atoms. The van der Waals surface area contributed by atoms with Crippen molar-refractivity contribution in [2.45, 2.75) is 12.8 Å². The molecule has 1 aliphatic heterocycles. The zero-order chi connectivity index (χ0) is 18.4. The molecule has 1 aromatic carbocycles. The SMILES string of the molecule is COC(=O)C1CCN(C(=O)COc2ccc(OC)cc2[N+](=O)[O-])CC1. The number of nitrogens with zero attached hydrogens (tertiary/aromatic N) is 2. The van der Waals surface area contributed by atoms with E-state index >= 15 is 0 Å². The molecule has 1 fully saturated rings. The molecule has 1 aromatic rings. The molecule has 1 heterocycles. The Kier molecular flexibility index (Phi) is 6.15. The average Bonchev–Trinajstić information content (AvgIpc) is 2.65. The quantitative estimate of drug-likeness (QED) is 0.432. The Bertz CT molecular complexity index is 654. The Morgan fingerprint density at radius 2 is 1.96 bits per heavy atom. The molecule has 25 heavy (non-hydrogen) atoms. The lowest BCUT2D eigenvalue weighted by Gasteiger charge is -2.30. The van der Waals surface area contributed by atoms with E-state index in [2.05, 4.69) is 0 Å². The first-order valence-electron chi connectivity index (χ1n) is 7.77. The lowest BCUT2D eigenvalue weighted by molar-refractivity contribution is -0.385. The summed E-state index contributed by atoms with van der Waals surface area (Å²) in [5, 5.41) is 11.1. The number of nitro groups is 1. The van der Waals surface area contributed by atoms with Gasteiger partial charge in [-0.3, -0.25) is 19.7 Å². The summed E-state index contributed by atoms with van der Waals surface area (Å²) in [5.41, 5.74) is -0.267. The van der Waals surface area contributed by atoms with Crippen LogP contribution in [-0.2, 0) is 14.3 Å². The Morgan fingerprint density at radius 1 is 1.28 bits per heavy atom. The highest BCUT2D eigenvalue weighted by molar-refractivity contribution is 5.79. The van der Waals surface area contributed by atoms with Gasteiger partial charge in [0, 0.05) is 13.1 Å². The van der Waals surface area contributed by atoms with Gasteiger partial charge in [0.15, 0.2) is 12.4 Å². The smallest absolute Gasteiger partial charge is 0.314 e. The zero-order valence-corrected chi connectivity index (χ0v) is 14.1. The number of hydrogen-bond donors (Lipinski definition) is 0. The molecule has 0 radical (unpaired) electrons. The number of amides is 1. The number of carbonyl (C=O) groups is 2. The normalized spacial score (nSPS) is 14.7. The van der Waals surface area contributed by atoms with Crippen molar-refractivity contribution in [1.29, 1.82) is 0 Å². The first-order chi connectivity index (χ1) is 12.0. The highest BCUT2D eigenvalue weighted by Gasteiger charge is 2.28. The van der Waals surface area contributed by atoms with E-state index in [4.69, 9.17) is 14.2 Å². The molecule has 9 nitrogen and oxygen atoms in total. The van der Waals surface area contributed by atoms with Crippen molar-refractivity contribution in [2.24, 2.45) is 5.92 Å². The van der Waals surface area contributed by atoms with Crippen molar-refractivity contribution in [3.8, 4) is 11.5 Å². The molecule has 0 saturated carbocycles. The lowest BCUT2D eigenvalue weighted by atomic mass is 9.97. The number of ether oxygens (including phenoxy) is 3. The molecule has 0 N–H and O–H groups in total.